The summed E-state index contributed by atoms with van der Waals surface area (Å²) in [6.45, 7) is 1.16. The van der Waals surface area contributed by atoms with Crippen LogP contribution in [0.4, 0.5) is 5.69 Å². The molecule has 6 nitrogen and oxygen atoms in total. The zero-order chi connectivity index (χ0) is 13.8. The predicted octanol–water partition coefficient (Wildman–Crippen LogP) is 0.763. The van der Waals surface area contributed by atoms with Gasteiger partial charge >= 0.3 is 11.9 Å². The second-order valence-corrected chi connectivity index (χ2v) is 4.16. The lowest BCUT2D eigenvalue weighted by atomic mass is 10.1. The summed E-state index contributed by atoms with van der Waals surface area (Å²) < 4.78 is 9.79. The molecule has 1 aromatic rings. The molecule has 0 aliphatic carbocycles. The number of morpholine rings is 1. The van der Waals surface area contributed by atoms with Gasteiger partial charge in [-0.3, -0.25) is 0 Å². The van der Waals surface area contributed by atoms with Crippen molar-refractivity contribution in [3.63, 3.8) is 0 Å². The maximum absolute atomic E-state index is 11.3. The largest absolute Gasteiger partial charge is 0.480 e. The van der Waals surface area contributed by atoms with Gasteiger partial charge in [-0.2, -0.15) is 0 Å². The minimum atomic E-state index is -0.920. The number of carbonyl (C=O) groups is 2. The molecule has 19 heavy (non-hydrogen) atoms. The van der Waals surface area contributed by atoms with E-state index in [1.54, 1.807) is 29.2 Å². The van der Waals surface area contributed by atoms with Gasteiger partial charge in [-0.25, -0.2) is 9.59 Å². The molecule has 1 N–H and O–H groups in total. The molecule has 0 bridgehead atoms. The molecule has 2 rings (SSSR count). The lowest BCUT2D eigenvalue weighted by molar-refractivity contribution is -0.141. The second kappa shape index (κ2) is 5.71. The summed E-state index contributed by atoms with van der Waals surface area (Å²) in [5, 5.41) is 9.16. The fourth-order valence-electron chi connectivity index (χ4n) is 2.02. The van der Waals surface area contributed by atoms with Crippen molar-refractivity contribution in [1.29, 1.82) is 0 Å². The topological polar surface area (TPSA) is 76.1 Å². The van der Waals surface area contributed by atoms with Gasteiger partial charge in [0.15, 0.2) is 6.04 Å². The molecule has 0 saturated carbocycles. The predicted molar refractivity (Wildman–Crippen MR) is 67.4 cm³/mol. The van der Waals surface area contributed by atoms with Crippen molar-refractivity contribution in [2.24, 2.45) is 0 Å². The van der Waals surface area contributed by atoms with Crippen LogP contribution in [0.1, 0.15) is 10.4 Å². The van der Waals surface area contributed by atoms with Crippen molar-refractivity contribution in [1.82, 2.24) is 0 Å². The van der Waals surface area contributed by atoms with Crippen LogP contribution in [0.3, 0.4) is 0 Å². The van der Waals surface area contributed by atoms with Crippen molar-refractivity contribution in [2.75, 3.05) is 31.8 Å². The third-order valence-electron chi connectivity index (χ3n) is 3.03. The molecule has 0 amide bonds. The molecule has 1 saturated heterocycles. The number of hydrogen-bond donors (Lipinski definition) is 1. The van der Waals surface area contributed by atoms with Gasteiger partial charge in [0.1, 0.15) is 0 Å². The van der Waals surface area contributed by atoms with E-state index in [4.69, 9.17) is 9.84 Å². The van der Waals surface area contributed by atoms with E-state index in [0.29, 0.717) is 18.7 Å². The number of ether oxygens (including phenoxy) is 2. The van der Waals surface area contributed by atoms with Crippen molar-refractivity contribution in [3.8, 4) is 0 Å². The summed E-state index contributed by atoms with van der Waals surface area (Å²) in [7, 11) is 1.32. The van der Waals surface area contributed by atoms with Gasteiger partial charge in [0.05, 0.1) is 25.9 Å². The van der Waals surface area contributed by atoms with Crippen LogP contribution in [0.15, 0.2) is 24.3 Å². The number of carbonyl (C=O) groups excluding carboxylic acids is 1. The average Bonchev–Trinajstić information content (AvgIpc) is 2.46. The Bertz CT molecular complexity index is 470. The molecule has 1 aliphatic rings. The Labute approximate surface area is 110 Å². The number of rotatable bonds is 3. The van der Waals surface area contributed by atoms with Gasteiger partial charge in [-0.15, -0.1) is 0 Å². The summed E-state index contributed by atoms with van der Waals surface area (Å²) >= 11 is 0. The van der Waals surface area contributed by atoms with Crippen LogP contribution in [0, 0.1) is 0 Å². The first-order chi connectivity index (χ1) is 9.13. The summed E-state index contributed by atoms with van der Waals surface area (Å²) in [4.78, 5) is 24.2. The SMILES string of the molecule is COC(=O)c1ccc(N2CCOCC2C(=O)O)cc1. The van der Waals surface area contributed by atoms with Gasteiger partial charge < -0.3 is 19.5 Å². The monoisotopic (exact) mass is 265 g/mol. The summed E-state index contributed by atoms with van der Waals surface area (Å²) in [5.41, 5.74) is 1.19. The first-order valence-electron chi connectivity index (χ1n) is 5.89. The van der Waals surface area contributed by atoms with E-state index in [1.165, 1.54) is 7.11 Å². The zero-order valence-electron chi connectivity index (χ0n) is 10.5. The first kappa shape index (κ1) is 13.4. The fourth-order valence-corrected chi connectivity index (χ4v) is 2.02. The normalized spacial score (nSPS) is 19.0. The number of anilines is 1. The number of methoxy groups -OCH3 is 1. The number of carboxylic acids is 1. The van der Waals surface area contributed by atoms with Crippen LogP contribution in [0.5, 0.6) is 0 Å². The van der Waals surface area contributed by atoms with E-state index in [-0.39, 0.29) is 6.61 Å². The van der Waals surface area contributed by atoms with Gasteiger partial charge in [0, 0.05) is 12.2 Å². The van der Waals surface area contributed by atoms with Gasteiger partial charge in [-0.1, -0.05) is 0 Å². The Hall–Kier alpha value is -2.08. The number of benzene rings is 1. The maximum atomic E-state index is 11.3. The van der Waals surface area contributed by atoms with Crippen LogP contribution >= 0.6 is 0 Å². The number of aliphatic carboxylic acids is 1. The Balaban J connectivity index is 2.20. The lowest BCUT2D eigenvalue weighted by Gasteiger charge is -2.34. The summed E-state index contributed by atoms with van der Waals surface area (Å²) in [5.74, 6) is -1.33. The Morgan fingerprint density at radius 2 is 2.05 bits per heavy atom. The molecule has 1 aromatic carbocycles. The molecule has 1 fully saturated rings. The molecule has 0 aromatic heterocycles. The molecule has 1 atom stereocenters. The van der Waals surface area contributed by atoms with E-state index >= 15 is 0 Å². The van der Waals surface area contributed by atoms with Crippen molar-refractivity contribution in [3.05, 3.63) is 29.8 Å². The molecule has 6 heteroatoms. The lowest BCUT2D eigenvalue weighted by Crippen LogP contribution is -2.50. The maximum Gasteiger partial charge on any atom is 0.337 e. The number of nitrogens with zero attached hydrogens (tertiary/aromatic N) is 1. The minimum Gasteiger partial charge on any atom is -0.480 e. The van der Waals surface area contributed by atoms with E-state index in [1.807, 2.05) is 0 Å². The highest BCUT2D eigenvalue weighted by Crippen LogP contribution is 2.20. The van der Waals surface area contributed by atoms with Crippen LogP contribution in [-0.2, 0) is 14.3 Å². The van der Waals surface area contributed by atoms with Crippen LogP contribution < -0.4 is 4.90 Å². The van der Waals surface area contributed by atoms with Gasteiger partial charge in [0.2, 0.25) is 0 Å². The number of carboxylic acid groups (broad SMARTS) is 1. The number of esters is 1. The molecule has 0 spiro atoms. The molecular weight excluding hydrogens is 250 g/mol. The Kier molecular flexibility index (Phi) is 4.01. The third kappa shape index (κ3) is 2.85. The van der Waals surface area contributed by atoms with Gasteiger partial charge in [-0.05, 0) is 24.3 Å². The third-order valence-corrected chi connectivity index (χ3v) is 3.03. The highest BCUT2D eigenvalue weighted by Gasteiger charge is 2.29. The van der Waals surface area contributed by atoms with Crippen molar-refractivity contribution in [2.45, 2.75) is 6.04 Å². The molecule has 1 heterocycles. The average molecular weight is 265 g/mol. The molecule has 1 aliphatic heterocycles. The Morgan fingerprint density at radius 1 is 1.37 bits per heavy atom. The Morgan fingerprint density at radius 3 is 2.63 bits per heavy atom. The van der Waals surface area contributed by atoms with E-state index in [0.717, 1.165) is 5.69 Å². The first-order valence-corrected chi connectivity index (χ1v) is 5.89. The van der Waals surface area contributed by atoms with Gasteiger partial charge in [0.25, 0.3) is 0 Å². The van der Waals surface area contributed by atoms with E-state index in [2.05, 4.69) is 4.74 Å². The quantitative estimate of drug-likeness (QED) is 0.813. The standard InChI is InChI=1S/C13H15NO5/c1-18-13(17)9-2-4-10(5-3-9)14-6-7-19-8-11(14)12(15)16/h2-5,11H,6-8H2,1H3,(H,15,16). The fraction of sp³-hybridized carbons (Fsp3) is 0.385. The van der Waals surface area contributed by atoms with Crippen LogP contribution in [0.2, 0.25) is 0 Å². The highest BCUT2D eigenvalue weighted by molar-refractivity contribution is 5.90. The molecule has 102 valence electrons. The molecule has 1 unspecified atom stereocenters. The van der Waals surface area contributed by atoms with E-state index in [9.17, 15) is 9.59 Å². The van der Waals surface area contributed by atoms with Crippen molar-refractivity contribution >= 4 is 17.6 Å². The second-order valence-electron chi connectivity index (χ2n) is 4.16. The summed E-state index contributed by atoms with van der Waals surface area (Å²) in [6, 6.07) is 5.98. The highest BCUT2D eigenvalue weighted by atomic mass is 16.5. The zero-order valence-corrected chi connectivity index (χ0v) is 10.5. The van der Waals surface area contributed by atoms with Crippen molar-refractivity contribution < 1.29 is 24.2 Å². The summed E-state index contributed by atoms with van der Waals surface area (Å²) in [6.07, 6.45) is 0. The van der Waals surface area contributed by atoms with Crippen LogP contribution in [0.25, 0.3) is 0 Å². The smallest absolute Gasteiger partial charge is 0.337 e. The van der Waals surface area contributed by atoms with E-state index < -0.39 is 18.0 Å². The molecular formula is C13H15NO5. The van der Waals surface area contributed by atoms with Crippen LogP contribution in [-0.4, -0.2) is 50.0 Å². The number of hydrogen-bond acceptors (Lipinski definition) is 5. The molecule has 0 radical (unpaired) electrons. The minimum absolute atomic E-state index is 0.161.